The molecule has 218 valence electrons. The van der Waals surface area contributed by atoms with Crippen molar-refractivity contribution in [2.45, 2.75) is 44.1 Å². The van der Waals surface area contributed by atoms with Gasteiger partial charge in [0, 0.05) is 55.8 Å². The van der Waals surface area contributed by atoms with Gasteiger partial charge in [-0.15, -0.1) is 0 Å². The summed E-state index contributed by atoms with van der Waals surface area (Å²) in [7, 11) is -2.87. The number of aliphatic hydroxyl groups excluding tert-OH is 1. The first kappa shape index (κ1) is 29.0. The predicted molar refractivity (Wildman–Crippen MR) is 149 cm³/mol. The molecule has 0 aromatic rings. The number of thiol groups is 1. The number of carbonyl (C=O) groups excluding carboxylic acids is 2. The predicted octanol–water partition coefficient (Wildman–Crippen LogP) is 1.68. The minimum atomic E-state index is -2.87. The molecule has 3 N–H and O–H groups in total. The maximum absolute atomic E-state index is 15.1. The number of nitrogens with one attached hydrogen (secondary N) is 2. The lowest BCUT2D eigenvalue weighted by molar-refractivity contribution is -0.137. The SMILES string of the molecule is O=C1C=CC(N2CC(C(=O)N3CCCC(C4=CC=C(Cl)CC4)N([SH](=O)=O)CC3)[C@H](C3C=CC(O)=CC3F)C2)NN1. The molecule has 2 amide bonds. The van der Waals surface area contributed by atoms with Gasteiger partial charge in [-0.2, -0.15) is 4.31 Å². The smallest absolute Gasteiger partial charge is 0.257 e. The van der Waals surface area contributed by atoms with E-state index in [0.717, 1.165) is 16.7 Å². The summed E-state index contributed by atoms with van der Waals surface area (Å²) < 4.78 is 41.2. The Bertz CT molecular complexity index is 1240. The molecule has 3 heterocycles. The van der Waals surface area contributed by atoms with Crippen LogP contribution in [0.2, 0.25) is 0 Å². The summed E-state index contributed by atoms with van der Waals surface area (Å²) >= 11 is 6.11. The maximum Gasteiger partial charge on any atom is 0.257 e. The topological polar surface area (TPSA) is 122 Å². The van der Waals surface area contributed by atoms with Crippen molar-refractivity contribution in [3.05, 3.63) is 58.9 Å². The second-order valence-electron chi connectivity index (χ2n) is 10.9. The molecule has 0 saturated carbocycles. The highest BCUT2D eigenvalue weighted by atomic mass is 35.5. The number of hydrogen-bond acceptors (Lipinski definition) is 7. The van der Waals surface area contributed by atoms with Gasteiger partial charge in [0.05, 0.1) is 12.1 Å². The van der Waals surface area contributed by atoms with E-state index < -0.39 is 28.9 Å². The van der Waals surface area contributed by atoms with Crippen LogP contribution in [0.15, 0.2) is 58.9 Å². The Kier molecular flexibility index (Phi) is 9.11. The van der Waals surface area contributed by atoms with Crippen molar-refractivity contribution in [1.29, 1.82) is 0 Å². The van der Waals surface area contributed by atoms with Gasteiger partial charge in [-0.05, 0) is 55.9 Å². The molecule has 10 nitrogen and oxygen atoms in total. The Hall–Kier alpha value is -2.51. The van der Waals surface area contributed by atoms with Gasteiger partial charge < -0.3 is 10.0 Å². The minimum absolute atomic E-state index is 0.137. The van der Waals surface area contributed by atoms with Crippen LogP contribution in [0.5, 0.6) is 0 Å². The molecule has 0 radical (unpaired) electrons. The monoisotopic (exact) mass is 595 g/mol. The van der Waals surface area contributed by atoms with E-state index in [4.69, 9.17) is 11.6 Å². The van der Waals surface area contributed by atoms with Crippen molar-refractivity contribution in [2.24, 2.45) is 17.8 Å². The summed E-state index contributed by atoms with van der Waals surface area (Å²) in [6.45, 7) is 1.63. The van der Waals surface area contributed by atoms with Crippen molar-refractivity contribution in [2.75, 3.05) is 32.7 Å². The average Bonchev–Trinajstić information content (AvgIpc) is 3.34. The third-order valence-corrected chi connectivity index (χ3v) is 9.72. The molecule has 0 aromatic carbocycles. The van der Waals surface area contributed by atoms with Gasteiger partial charge in [0.25, 0.3) is 5.91 Å². The maximum atomic E-state index is 15.1. The molecule has 2 fully saturated rings. The third kappa shape index (κ3) is 6.36. The van der Waals surface area contributed by atoms with Gasteiger partial charge in [0.15, 0.2) is 0 Å². The first-order valence-corrected chi connectivity index (χ1v) is 15.2. The van der Waals surface area contributed by atoms with Crippen molar-refractivity contribution in [3.8, 4) is 0 Å². The molecule has 2 aliphatic carbocycles. The van der Waals surface area contributed by atoms with Crippen molar-refractivity contribution >= 4 is 34.3 Å². The van der Waals surface area contributed by atoms with Gasteiger partial charge in [-0.25, -0.2) is 18.2 Å². The summed E-state index contributed by atoms with van der Waals surface area (Å²) in [5.41, 5.74) is 6.53. The highest BCUT2D eigenvalue weighted by Gasteiger charge is 2.47. The minimum Gasteiger partial charge on any atom is -0.508 e. The average molecular weight is 596 g/mol. The lowest BCUT2D eigenvalue weighted by Gasteiger charge is -2.37. The van der Waals surface area contributed by atoms with Crippen LogP contribution in [0, 0.1) is 17.8 Å². The Labute approximate surface area is 239 Å². The highest BCUT2D eigenvalue weighted by Crippen LogP contribution is 2.38. The number of halogens is 2. The van der Waals surface area contributed by atoms with E-state index in [0.29, 0.717) is 45.3 Å². The summed E-state index contributed by atoms with van der Waals surface area (Å²) in [4.78, 5) is 29.3. The molecule has 5 aliphatic rings. The summed E-state index contributed by atoms with van der Waals surface area (Å²) in [6.07, 6.45) is 11.9. The third-order valence-electron chi connectivity index (χ3n) is 8.50. The number of hydrogen-bond donors (Lipinski definition) is 4. The van der Waals surface area contributed by atoms with Gasteiger partial charge in [0.1, 0.15) is 11.9 Å². The number of allylic oxidation sites excluding steroid dienone is 6. The Morgan fingerprint density at radius 1 is 1.10 bits per heavy atom. The highest BCUT2D eigenvalue weighted by molar-refractivity contribution is 7.69. The van der Waals surface area contributed by atoms with E-state index in [1.165, 1.54) is 16.5 Å². The second-order valence-corrected chi connectivity index (χ2v) is 12.3. The van der Waals surface area contributed by atoms with Crippen LogP contribution in [-0.2, 0) is 20.5 Å². The molecular formula is C27H35ClFN5O5S. The molecule has 5 rings (SSSR count). The zero-order chi connectivity index (χ0) is 28.4. The van der Waals surface area contributed by atoms with Gasteiger partial charge in [-0.1, -0.05) is 29.3 Å². The molecule has 3 aliphatic heterocycles. The number of rotatable bonds is 5. The number of carbonyl (C=O) groups is 2. The molecule has 2 saturated heterocycles. The van der Waals surface area contributed by atoms with E-state index in [2.05, 4.69) is 10.9 Å². The Morgan fingerprint density at radius 3 is 2.60 bits per heavy atom. The van der Waals surface area contributed by atoms with Gasteiger partial charge in [-0.3, -0.25) is 19.9 Å². The number of amides is 2. The van der Waals surface area contributed by atoms with Crippen molar-refractivity contribution in [1.82, 2.24) is 25.0 Å². The molecule has 6 atom stereocenters. The standard InChI is InChI=1S/C27H35ClFN5O5S/c28-18-5-3-17(4-6-18)24-2-1-11-32(12-13-34(24)40(38)39)27(37)22-16-33(25-9-10-26(36)31-30-25)15-21(22)20-8-7-19(35)14-23(20)29/h3,5,7-10,14,20-25,30,35,40H,1-2,4,6,11-13,15-16H2,(H,31,36)/t20?,21-,22?,23?,24?,25?/m0/s1. The zero-order valence-corrected chi connectivity index (χ0v) is 23.6. The van der Waals surface area contributed by atoms with Crippen LogP contribution in [0.1, 0.15) is 25.7 Å². The fourth-order valence-corrected chi connectivity index (χ4v) is 7.34. The van der Waals surface area contributed by atoms with Crippen LogP contribution in [0.25, 0.3) is 0 Å². The molecule has 0 spiro atoms. The summed E-state index contributed by atoms with van der Waals surface area (Å²) in [5, 5.41) is 10.5. The quantitative estimate of drug-likeness (QED) is 0.357. The number of alkyl halides is 1. The molecule has 13 heteroatoms. The van der Waals surface area contributed by atoms with E-state index in [1.807, 2.05) is 17.1 Å². The van der Waals surface area contributed by atoms with Crippen molar-refractivity contribution < 1.29 is 27.5 Å². The zero-order valence-electron chi connectivity index (χ0n) is 22.0. The largest absolute Gasteiger partial charge is 0.508 e. The number of aliphatic hydroxyl groups is 1. The van der Waals surface area contributed by atoms with E-state index in [9.17, 15) is 23.1 Å². The molecule has 40 heavy (non-hydrogen) atoms. The lowest BCUT2D eigenvalue weighted by atomic mass is 9.78. The summed E-state index contributed by atoms with van der Waals surface area (Å²) in [6, 6.07) is -0.257. The van der Waals surface area contributed by atoms with Crippen LogP contribution in [-0.4, -0.2) is 90.5 Å². The van der Waals surface area contributed by atoms with E-state index >= 15 is 4.39 Å². The number of hydrazine groups is 1. The first-order chi connectivity index (χ1) is 19.2. The summed E-state index contributed by atoms with van der Waals surface area (Å²) in [5.74, 6) is -2.10. The number of likely N-dealkylation sites (tertiary alicyclic amines) is 1. The Balaban J connectivity index is 1.34. The molecule has 0 bridgehead atoms. The lowest BCUT2D eigenvalue weighted by Crippen LogP contribution is -2.54. The fourth-order valence-electron chi connectivity index (χ4n) is 6.44. The van der Waals surface area contributed by atoms with E-state index in [1.54, 1.807) is 17.1 Å². The second kappa shape index (κ2) is 12.6. The van der Waals surface area contributed by atoms with Gasteiger partial charge in [0.2, 0.25) is 16.8 Å². The Morgan fingerprint density at radius 2 is 1.93 bits per heavy atom. The molecular weight excluding hydrogens is 561 g/mol. The molecule has 5 unspecified atom stereocenters. The van der Waals surface area contributed by atoms with Gasteiger partial charge >= 0.3 is 0 Å². The van der Waals surface area contributed by atoms with E-state index in [-0.39, 0.29) is 48.8 Å². The van der Waals surface area contributed by atoms with Crippen LogP contribution < -0.4 is 10.9 Å². The van der Waals surface area contributed by atoms with Crippen LogP contribution in [0.4, 0.5) is 4.39 Å². The fraction of sp³-hybridized carbons (Fsp3) is 0.556. The van der Waals surface area contributed by atoms with Crippen LogP contribution >= 0.6 is 11.6 Å². The van der Waals surface area contributed by atoms with Crippen molar-refractivity contribution in [3.63, 3.8) is 0 Å². The normalized spacial score (nSPS) is 34.1. The molecule has 0 aromatic heterocycles. The number of nitrogens with zero attached hydrogens (tertiary/aromatic N) is 3. The first-order valence-electron chi connectivity index (χ1n) is 13.7. The van der Waals surface area contributed by atoms with Crippen LogP contribution in [0.3, 0.4) is 0 Å².